The Morgan fingerprint density at radius 2 is 2.29 bits per heavy atom. The van der Waals surface area contributed by atoms with Gasteiger partial charge in [0, 0.05) is 30.2 Å². The van der Waals surface area contributed by atoms with Crippen molar-refractivity contribution in [3.8, 4) is 0 Å². The fourth-order valence-corrected chi connectivity index (χ4v) is 3.34. The van der Waals surface area contributed by atoms with E-state index in [1.54, 1.807) is 17.5 Å². The van der Waals surface area contributed by atoms with Crippen LogP contribution in [0.25, 0.3) is 10.2 Å². The second-order valence-corrected chi connectivity index (χ2v) is 6.15. The van der Waals surface area contributed by atoms with E-state index in [-0.39, 0.29) is 0 Å². The quantitative estimate of drug-likeness (QED) is 0.537. The van der Waals surface area contributed by atoms with Crippen LogP contribution in [0.2, 0.25) is 5.28 Å². The van der Waals surface area contributed by atoms with Crippen molar-refractivity contribution in [1.82, 2.24) is 19.9 Å². The Hall–Kier alpha value is -1.66. The molecule has 0 unspecified atom stereocenters. The largest absolute Gasteiger partial charge is 0.369 e. The van der Waals surface area contributed by atoms with Gasteiger partial charge >= 0.3 is 0 Å². The molecule has 0 saturated heterocycles. The van der Waals surface area contributed by atoms with Gasteiger partial charge in [-0.15, -0.1) is 11.3 Å². The van der Waals surface area contributed by atoms with Gasteiger partial charge in [-0.05, 0) is 30.5 Å². The highest BCUT2D eigenvalue weighted by atomic mass is 35.5. The predicted molar refractivity (Wildman–Crippen MR) is 87.2 cm³/mol. The van der Waals surface area contributed by atoms with Crippen molar-refractivity contribution in [2.75, 3.05) is 11.9 Å². The number of nitrogens with zero attached hydrogens (tertiary/aromatic N) is 3. The molecule has 7 heteroatoms. The van der Waals surface area contributed by atoms with Crippen LogP contribution >= 0.6 is 22.9 Å². The van der Waals surface area contributed by atoms with Crippen molar-refractivity contribution in [2.24, 2.45) is 0 Å². The Balaban J connectivity index is 1.69. The van der Waals surface area contributed by atoms with Gasteiger partial charge in [-0.2, -0.15) is 0 Å². The molecule has 0 radical (unpaired) electrons. The fourth-order valence-electron chi connectivity index (χ4n) is 2.15. The van der Waals surface area contributed by atoms with Gasteiger partial charge in [0.05, 0.1) is 5.39 Å². The van der Waals surface area contributed by atoms with Crippen LogP contribution in [0, 0.1) is 0 Å². The molecule has 3 heterocycles. The van der Waals surface area contributed by atoms with Crippen LogP contribution in [-0.2, 0) is 12.8 Å². The van der Waals surface area contributed by atoms with Crippen molar-refractivity contribution in [1.29, 1.82) is 0 Å². The summed E-state index contributed by atoms with van der Waals surface area (Å²) in [6.07, 6.45) is 6.49. The topological polar surface area (TPSA) is 66.5 Å². The maximum absolute atomic E-state index is 6.00. The molecule has 3 aromatic rings. The molecular formula is C14H16ClN5S. The number of halogens is 1. The van der Waals surface area contributed by atoms with Gasteiger partial charge in [0.1, 0.15) is 16.5 Å². The Morgan fingerprint density at radius 3 is 3.05 bits per heavy atom. The average Bonchev–Trinajstić information content (AvgIpc) is 3.11. The molecule has 21 heavy (non-hydrogen) atoms. The molecule has 3 rings (SSSR count). The molecular weight excluding hydrogens is 306 g/mol. The van der Waals surface area contributed by atoms with Crippen LogP contribution in [0.4, 0.5) is 5.82 Å². The first-order valence-electron chi connectivity index (χ1n) is 6.94. The van der Waals surface area contributed by atoms with Crippen LogP contribution in [-0.4, -0.2) is 26.5 Å². The first-order chi connectivity index (χ1) is 10.3. The molecule has 0 spiro atoms. The summed E-state index contributed by atoms with van der Waals surface area (Å²) in [7, 11) is 0. The fraction of sp³-hybridized carbons (Fsp3) is 0.357. The van der Waals surface area contributed by atoms with Gasteiger partial charge in [-0.25, -0.2) is 15.0 Å². The molecule has 5 nitrogen and oxygen atoms in total. The van der Waals surface area contributed by atoms with E-state index in [4.69, 9.17) is 11.6 Å². The van der Waals surface area contributed by atoms with E-state index in [1.807, 2.05) is 6.20 Å². The SMILES string of the molecule is CCc1cc2c(NCCCc3ncc[nH]3)nc(Cl)nc2s1. The van der Waals surface area contributed by atoms with Gasteiger partial charge in [-0.1, -0.05) is 6.92 Å². The van der Waals surface area contributed by atoms with Crippen molar-refractivity contribution < 1.29 is 0 Å². The molecule has 0 atom stereocenters. The van der Waals surface area contributed by atoms with Gasteiger partial charge in [0.25, 0.3) is 0 Å². The van der Waals surface area contributed by atoms with Crippen molar-refractivity contribution in [2.45, 2.75) is 26.2 Å². The smallest absolute Gasteiger partial charge is 0.225 e. The minimum Gasteiger partial charge on any atom is -0.369 e. The first-order valence-corrected chi connectivity index (χ1v) is 8.14. The number of anilines is 1. The van der Waals surface area contributed by atoms with E-state index < -0.39 is 0 Å². The molecule has 0 aromatic carbocycles. The molecule has 3 aromatic heterocycles. The molecule has 110 valence electrons. The van der Waals surface area contributed by atoms with Crippen LogP contribution in [0.1, 0.15) is 24.0 Å². The zero-order valence-corrected chi connectivity index (χ0v) is 13.3. The number of aryl methyl sites for hydroxylation is 2. The highest BCUT2D eigenvalue weighted by Gasteiger charge is 2.10. The number of imidazole rings is 1. The third kappa shape index (κ3) is 3.33. The Morgan fingerprint density at radius 1 is 1.38 bits per heavy atom. The maximum Gasteiger partial charge on any atom is 0.225 e. The third-order valence-corrected chi connectivity index (χ3v) is 4.54. The summed E-state index contributed by atoms with van der Waals surface area (Å²) < 4.78 is 0. The molecule has 0 bridgehead atoms. The van der Waals surface area contributed by atoms with Crippen molar-refractivity contribution >= 4 is 39.0 Å². The van der Waals surface area contributed by atoms with Crippen molar-refractivity contribution in [3.05, 3.63) is 34.4 Å². The summed E-state index contributed by atoms with van der Waals surface area (Å²) in [5.74, 6) is 1.83. The minimum atomic E-state index is 0.292. The lowest BCUT2D eigenvalue weighted by molar-refractivity contribution is 0.814. The van der Waals surface area contributed by atoms with E-state index in [1.165, 1.54) is 4.88 Å². The van der Waals surface area contributed by atoms with Crippen LogP contribution in [0.3, 0.4) is 0 Å². The molecule has 2 N–H and O–H groups in total. The number of hydrogen-bond donors (Lipinski definition) is 2. The highest BCUT2D eigenvalue weighted by molar-refractivity contribution is 7.18. The normalized spacial score (nSPS) is 11.1. The lowest BCUT2D eigenvalue weighted by Crippen LogP contribution is -2.06. The van der Waals surface area contributed by atoms with E-state index in [2.05, 4.69) is 38.2 Å². The van der Waals surface area contributed by atoms with Gasteiger partial charge in [-0.3, -0.25) is 0 Å². The Bertz CT molecular complexity index is 722. The highest BCUT2D eigenvalue weighted by Crippen LogP contribution is 2.30. The zero-order valence-electron chi connectivity index (χ0n) is 11.7. The standard InChI is InChI=1S/C14H16ClN5S/c1-2-9-8-10-12(19-14(15)20-13(10)21-9)18-5-3-4-11-16-6-7-17-11/h6-8H,2-5H2,1H3,(H,16,17)(H,18,19,20). The van der Waals surface area contributed by atoms with Gasteiger partial charge in [0.15, 0.2) is 0 Å². The molecule has 0 saturated carbocycles. The number of fused-ring (bicyclic) bond motifs is 1. The van der Waals surface area contributed by atoms with E-state index in [9.17, 15) is 0 Å². The zero-order chi connectivity index (χ0) is 14.7. The number of hydrogen-bond acceptors (Lipinski definition) is 5. The van der Waals surface area contributed by atoms with Gasteiger partial charge < -0.3 is 10.3 Å². The summed E-state index contributed by atoms with van der Waals surface area (Å²) >= 11 is 7.67. The first kappa shape index (κ1) is 14.3. The number of H-pyrrole nitrogens is 1. The number of thiophene rings is 1. The van der Waals surface area contributed by atoms with Crippen molar-refractivity contribution in [3.63, 3.8) is 0 Å². The van der Waals surface area contributed by atoms with E-state index in [0.29, 0.717) is 5.28 Å². The monoisotopic (exact) mass is 321 g/mol. The lowest BCUT2D eigenvalue weighted by Gasteiger charge is -2.06. The summed E-state index contributed by atoms with van der Waals surface area (Å²) in [4.78, 5) is 18.2. The Kier molecular flexibility index (Phi) is 4.36. The third-order valence-electron chi connectivity index (χ3n) is 3.20. The molecule has 0 fully saturated rings. The second kappa shape index (κ2) is 6.41. The average molecular weight is 322 g/mol. The van der Waals surface area contributed by atoms with Gasteiger partial charge in [0.2, 0.25) is 5.28 Å². The predicted octanol–water partition coefficient (Wildman–Crippen LogP) is 3.67. The van der Waals surface area contributed by atoms with Crippen LogP contribution in [0.15, 0.2) is 18.5 Å². The number of rotatable bonds is 6. The molecule has 0 aliphatic heterocycles. The second-order valence-electron chi connectivity index (χ2n) is 4.69. The van der Waals surface area contributed by atoms with E-state index >= 15 is 0 Å². The minimum absolute atomic E-state index is 0.292. The lowest BCUT2D eigenvalue weighted by atomic mass is 10.3. The molecule has 0 amide bonds. The van der Waals surface area contributed by atoms with Crippen LogP contribution < -0.4 is 5.32 Å². The molecule has 0 aliphatic carbocycles. The number of nitrogens with one attached hydrogen (secondary N) is 2. The Labute approximate surface area is 131 Å². The molecule has 0 aliphatic rings. The van der Waals surface area contributed by atoms with Crippen LogP contribution in [0.5, 0.6) is 0 Å². The maximum atomic E-state index is 6.00. The summed E-state index contributed by atoms with van der Waals surface area (Å²) in [5.41, 5.74) is 0. The summed E-state index contributed by atoms with van der Waals surface area (Å²) in [5, 5.41) is 4.70. The summed E-state index contributed by atoms with van der Waals surface area (Å²) in [6.45, 7) is 2.96. The number of aromatic nitrogens is 4. The number of aromatic amines is 1. The summed E-state index contributed by atoms with van der Waals surface area (Å²) in [6, 6.07) is 2.14. The van der Waals surface area contributed by atoms with E-state index in [0.717, 1.165) is 47.7 Å².